The first-order valence-electron chi connectivity index (χ1n) is 3.49. The first kappa shape index (κ1) is 8.55. The van der Waals surface area contributed by atoms with Gasteiger partial charge in [-0.25, -0.2) is 0 Å². The van der Waals surface area contributed by atoms with E-state index in [1.165, 1.54) is 0 Å². The zero-order valence-electron chi connectivity index (χ0n) is 6.83. The fraction of sp³-hybridized carbons (Fsp3) is 0.625. The van der Waals surface area contributed by atoms with E-state index in [9.17, 15) is 4.79 Å². The number of carbonyl (C=O) groups is 1. The second kappa shape index (κ2) is 1.98. The Labute approximate surface area is 70.0 Å². The first-order chi connectivity index (χ1) is 5.45. The zero-order chi connectivity index (χ0) is 9.57. The van der Waals surface area contributed by atoms with Crippen LogP contribution in [-0.4, -0.2) is 11.1 Å². The van der Waals surface area contributed by atoms with Gasteiger partial charge in [0.2, 0.25) is 0 Å². The monoisotopic (exact) mass is 164 g/mol. The van der Waals surface area contributed by atoms with E-state index in [1.54, 1.807) is 19.9 Å². The van der Waals surface area contributed by atoms with Gasteiger partial charge >= 0.3 is 5.97 Å². The molecular weight excluding hydrogens is 156 g/mol. The number of hydrogen-bond donors (Lipinski definition) is 1. The number of rotatable bonds is 1. The van der Waals surface area contributed by atoms with Crippen LogP contribution < -0.4 is 0 Å². The molecule has 4 nitrogen and oxygen atoms in total. The molecule has 0 bridgehead atoms. The van der Waals surface area contributed by atoms with Crippen molar-refractivity contribution in [1.29, 1.82) is 10.5 Å². The Kier molecular flexibility index (Phi) is 1.41. The molecule has 0 spiro atoms. The van der Waals surface area contributed by atoms with Gasteiger partial charge in [-0.05, 0) is 0 Å². The molecule has 0 aromatic rings. The summed E-state index contributed by atoms with van der Waals surface area (Å²) in [6.07, 6.45) is 0. The summed E-state index contributed by atoms with van der Waals surface area (Å²) in [6.45, 7) is 3.25. The Balaban J connectivity index is 3.15. The quantitative estimate of drug-likeness (QED) is 0.620. The second-order valence-corrected chi connectivity index (χ2v) is 3.51. The van der Waals surface area contributed by atoms with Gasteiger partial charge in [0.15, 0.2) is 5.41 Å². The Bertz CT molecular complexity index is 321. The van der Waals surface area contributed by atoms with Crippen molar-refractivity contribution in [3.8, 4) is 12.1 Å². The standard InChI is InChI=1S/C8H8N2O2/c1-7(2)5(3-9)8(7,4-10)6(11)12/h5H,1-2H3,(H,11,12)/t5-,8+/m1/s1. The lowest BCUT2D eigenvalue weighted by molar-refractivity contribution is -0.142. The van der Waals surface area contributed by atoms with E-state index in [1.807, 2.05) is 6.07 Å². The van der Waals surface area contributed by atoms with Gasteiger partial charge in [-0.1, -0.05) is 13.8 Å². The normalized spacial score (nSPS) is 36.2. The highest BCUT2D eigenvalue weighted by Crippen LogP contribution is 2.68. The fourth-order valence-electron chi connectivity index (χ4n) is 1.68. The maximum absolute atomic E-state index is 10.7. The number of nitrogens with zero attached hydrogens (tertiary/aromatic N) is 2. The fourth-order valence-corrected chi connectivity index (χ4v) is 1.68. The minimum Gasteiger partial charge on any atom is -0.480 e. The highest BCUT2D eigenvalue weighted by molar-refractivity contribution is 5.85. The number of carboxylic acid groups (broad SMARTS) is 1. The molecule has 0 aliphatic heterocycles. The average molecular weight is 164 g/mol. The lowest BCUT2D eigenvalue weighted by atomic mass is 9.98. The Morgan fingerprint density at radius 1 is 1.50 bits per heavy atom. The Morgan fingerprint density at radius 3 is 2.08 bits per heavy atom. The van der Waals surface area contributed by atoms with Crippen LogP contribution in [0.25, 0.3) is 0 Å². The van der Waals surface area contributed by atoms with Crippen LogP contribution in [0.2, 0.25) is 0 Å². The molecule has 1 aliphatic carbocycles. The van der Waals surface area contributed by atoms with Gasteiger partial charge in [0.1, 0.15) is 0 Å². The summed E-state index contributed by atoms with van der Waals surface area (Å²) in [5, 5.41) is 26.0. The van der Waals surface area contributed by atoms with Crippen molar-refractivity contribution in [2.24, 2.45) is 16.7 Å². The molecule has 1 N–H and O–H groups in total. The van der Waals surface area contributed by atoms with Gasteiger partial charge in [-0.3, -0.25) is 4.79 Å². The van der Waals surface area contributed by atoms with Gasteiger partial charge in [0.25, 0.3) is 0 Å². The molecule has 0 radical (unpaired) electrons. The van der Waals surface area contributed by atoms with Crippen LogP contribution in [0.15, 0.2) is 0 Å². The number of nitriles is 2. The first-order valence-corrected chi connectivity index (χ1v) is 3.49. The molecular formula is C8H8N2O2. The van der Waals surface area contributed by atoms with Gasteiger partial charge in [0, 0.05) is 5.41 Å². The van der Waals surface area contributed by atoms with E-state index in [4.69, 9.17) is 15.6 Å². The molecule has 12 heavy (non-hydrogen) atoms. The van der Waals surface area contributed by atoms with Crippen LogP contribution in [0, 0.1) is 39.4 Å². The molecule has 0 amide bonds. The SMILES string of the molecule is CC1(C)[C@@H](C#N)[C@@]1(C#N)C(=O)O. The van der Waals surface area contributed by atoms with E-state index < -0.39 is 22.7 Å². The van der Waals surface area contributed by atoms with Crippen molar-refractivity contribution < 1.29 is 9.90 Å². The Hall–Kier alpha value is -1.55. The summed E-state index contributed by atoms with van der Waals surface area (Å²) in [4.78, 5) is 10.7. The second-order valence-electron chi connectivity index (χ2n) is 3.51. The number of aliphatic carboxylic acids is 1. The summed E-state index contributed by atoms with van der Waals surface area (Å²) in [5.74, 6) is -1.88. The molecule has 0 saturated heterocycles. The van der Waals surface area contributed by atoms with Crippen molar-refractivity contribution in [2.75, 3.05) is 0 Å². The van der Waals surface area contributed by atoms with Gasteiger partial charge < -0.3 is 5.11 Å². The van der Waals surface area contributed by atoms with Crippen LogP contribution in [0.4, 0.5) is 0 Å². The van der Waals surface area contributed by atoms with Crippen molar-refractivity contribution in [1.82, 2.24) is 0 Å². The number of carboxylic acids is 1. The van der Waals surface area contributed by atoms with Crippen molar-refractivity contribution in [3.63, 3.8) is 0 Å². The molecule has 1 fully saturated rings. The van der Waals surface area contributed by atoms with E-state index in [2.05, 4.69) is 0 Å². The minimum absolute atomic E-state index is 0.688. The third kappa shape index (κ3) is 0.579. The van der Waals surface area contributed by atoms with E-state index in [-0.39, 0.29) is 0 Å². The summed E-state index contributed by atoms with van der Waals surface area (Å²) in [5.41, 5.74) is -2.20. The molecule has 1 aliphatic rings. The van der Waals surface area contributed by atoms with E-state index in [0.29, 0.717) is 0 Å². The van der Waals surface area contributed by atoms with Crippen molar-refractivity contribution in [3.05, 3.63) is 0 Å². The van der Waals surface area contributed by atoms with Crippen LogP contribution in [0.1, 0.15) is 13.8 Å². The topological polar surface area (TPSA) is 84.9 Å². The summed E-state index contributed by atoms with van der Waals surface area (Å²) >= 11 is 0. The third-order valence-corrected chi connectivity index (χ3v) is 2.73. The predicted molar refractivity (Wildman–Crippen MR) is 38.6 cm³/mol. The summed E-state index contributed by atoms with van der Waals surface area (Å²) < 4.78 is 0. The third-order valence-electron chi connectivity index (χ3n) is 2.73. The molecule has 1 saturated carbocycles. The molecule has 0 aromatic carbocycles. The Morgan fingerprint density at radius 2 is 2.00 bits per heavy atom. The maximum Gasteiger partial charge on any atom is 0.326 e. The largest absolute Gasteiger partial charge is 0.480 e. The average Bonchev–Trinajstić information content (AvgIpc) is 2.47. The lowest BCUT2D eigenvalue weighted by Gasteiger charge is -2.02. The highest BCUT2D eigenvalue weighted by Gasteiger charge is 2.78. The lowest BCUT2D eigenvalue weighted by Crippen LogP contribution is -2.19. The van der Waals surface area contributed by atoms with Crippen LogP contribution in [0.5, 0.6) is 0 Å². The van der Waals surface area contributed by atoms with Crippen molar-refractivity contribution in [2.45, 2.75) is 13.8 Å². The zero-order valence-corrected chi connectivity index (χ0v) is 6.83. The van der Waals surface area contributed by atoms with E-state index in [0.717, 1.165) is 0 Å². The summed E-state index contributed by atoms with van der Waals surface area (Å²) in [7, 11) is 0. The summed E-state index contributed by atoms with van der Waals surface area (Å²) in [6, 6.07) is 3.57. The van der Waals surface area contributed by atoms with Gasteiger partial charge in [0.05, 0.1) is 18.1 Å². The predicted octanol–water partition coefficient (Wildman–Crippen LogP) is 0.761. The molecule has 1 rings (SSSR count). The smallest absolute Gasteiger partial charge is 0.326 e. The minimum atomic E-state index is -1.48. The van der Waals surface area contributed by atoms with Crippen molar-refractivity contribution >= 4 is 5.97 Å². The van der Waals surface area contributed by atoms with Crippen LogP contribution >= 0.6 is 0 Å². The molecule has 4 heteroatoms. The molecule has 0 aromatic heterocycles. The van der Waals surface area contributed by atoms with Gasteiger partial charge in [-0.2, -0.15) is 10.5 Å². The molecule has 0 unspecified atom stereocenters. The molecule has 0 heterocycles. The van der Waals surface area contributed by atoms with E-state index >= 15 is 0 Å². The molecule has 62 valence electrons. The van der Waals surface area contributed by atoms with Crippen LogP contribution in [0.3, 0.4) is 0 Å². The van der Waals surface area contributed by atoms with Gasteiger partial charge in [-0.15, -0.1) is 0 Å². The molecule has 2 atom stereocenters. The number of hydrogen-bond acceptors (Lipinski definition) is 3. The van der Waals surface area contributed by atoms with Crippen LogP contribution in [-0.2, 0) is 4.79 Å². The maximum atomic E-state index is 10.7. The highest BCUT2D eigenvalue weighted by atomic mass is 16.4.